The molecule has 0 aliphatic rings. The molecule has 0 saturated carbocycles. The Hall–Kier alpha value is -2.37. The summed E-state index contributed by atoms with van der Waals surface area (Å²) >= 11 is 0. The van der Waals surface area contributed by atoms with Crippen molar-refractivity contribution in [2.75, 3.05) is 5.73 Å². The number of aromatic nitrogens is 1. The molecule has 0 aliphatic carbocycles. The van der Waals surface area contributed by atoms with Gasteiger partial charge in [-0.2, -0.15) is 13.2 Å². The number of anilines is 1. The van der Waals surface area contributed by atoms with Gasteiger partial charge in [0.2, 0.25) is 0 Å². The third-order valence-electron chi connectivity index (χ3n) is 2.99. The van der Waals surface area contributed by atoms with Gasteiger partial charge in [0.15, 0.2) is 5.78 Å². The molecule has 2 N–H and O–H groups in total. The van der Waals surface area contributed by atoms with Gasteiger partial charge in [0, 0.05) is 23.6 Å². The number of alkyl halides is 3. The zero-order chi connectivity index (χ0) is 14.9. The van der Waals surface area contributed by atoms with Gasteiger partial charge in [-0.05, 0) is 24.6 Å². The third-order valence-corrected chi connectivity index (χ3v) is 2.99. The van der Waals surface area contributed by atoms with Crippen LogP contribution in [0.2, 0.25) is 0 Å². The Morgan fingerprint density at radius 3 is 2.55 bits per heavy atom. The van der Waals surface area contributed by atoms with Crippen LogP contribution in [0.4, 0.5) is 18.9 Å². The molecule has 0 bridgehead atoms. The lowest BCUT2D eigenvalue weighted by Crippen LogP contribution is -2.15. The molecule has 6 heteroatoms. The summed E-state index contributed by atoms with van der Waals surface area (Å²) in [5, 5.41) is 0. The Kier molecular flexibility index (Phi) is 3.48. The van der Waals surface area contributed by atoms with Crippen LogP contribution in [0.1, 0.15) is 27.0 Å². The predicted octanol–water partition coefficient (Wildman–Crippen LogP) is 3.22. The van der Waals surface area contributed by atoms with Crippen LogP contribution in [0.25, 0.3) is 0 Å². The second kappa shape index (κ2) is 4.96. The van der Waals surface area contributed by atoms with E-state index < -0.39 is 23.1 Å². The summed E-state index contributed by atoms with van der Waals surface area (Å²) < 4.78 is 38.7. The number of hydrogen-bond acceptors (Lipinski definition) is 3. The lowest BCUT2D eigenvalue weighted by atomic mass is 9.96. The number of benzene rings is 1. The van der Waals surface area contributed by atoms with Gasteiger partial charge in [-0.3, -0.25) is 9.78 Å². The number of carbonyl (C=O) groups excluding carboxylic acids is 1. The normalized spacial score (nSPS) is 11.4. The smallest absolute Gasteiger partial charge is 0.398 e. The number of carbonyl (C=O) groups is 1. The van der Waals surface area contributed by atoms with Gasteiger partial charge < -0.3 is 5.73 Å². The second-order valence-corrected chi connectivity index (χ2v) is 4.27. The van der Waals surface area contributed by atoms with E-state index in [0.717, 1.165) is 18.5 Å². The molecule has 0 amide bonds. The zero-order valence-electron chi connectivity index (χ0n) is 10.5. The van der Waals surface area contributed by atoms with Crippen LogP contribution in [0.3, 0.4) is 0 Å². The number of rotatable bonds is 2. The topological polar surface area (TPSA) is 56.0 Å². The molecular weight excluding hydrogens is 269 g/mol. The number of ketones is 1. The first-order valence-corrected chi connectivity index (χ1v) is 5.73. The maximum absolute atomic E-state index is 12.9. The largest absolute Gasteiger partial charge is 0.417 e. The van der Waals surface area contributed by atoms with Crippen LogP contribution in [0, 0.1) is 6.92 Å². The monoisotopic (exact) mass is 280 g/mol. The number of hydrogen-bond donors (Lipinski definition) is 1. The first-order chi connectivity index (χ1) is 9.32. The fraction of sp³-hybridized carbons (Fsp3) is 0.143. The highest BCUT2D eigenvalue weighted by Crippen LogP contribution is 2.33. The van der Waals surface area contributed by atoms with E-state index in [9.17, 15) is 18.0 Å². The van der Waals surface area contributed by atoms with Crippen LogP contribution >= 0.6 is 0 Å². The van der Waals surface area contributed by atoms with Crippen molar-refractivity contribution in [1.29, 1.82) is 0 Å². The van der Waals surface area contributed by atoms with E-state index in [1.54, 1.807) is 13.0 Å². The number of nitrogens with two attached hydrogens (primary N) is 1. The highest BCUT2D eigenvalue weighted by molar-refractivity contribution is 6.11. The molecule has 0 atom stereocenters. The fourth-order valence-corrected chi connectivity index (χ4v) is 1.87. The minimum absolute atomic E-state index is 0.142. The molecular formula is C14H11F3N2O. The Labute approximate surface area is 113 Å². The van der Waals surface area contributed by atoms with Crippen molar-refractivity contribution >= 4 is 11.5 Å². The van der Waals surface area contributed by atoms with Gasteiger partial charge in [0.05, 0.1) is 11.1 Å². The first kappa shape index (κ1) is 14.0. The average molecular weight is 280 g/mol. The maximum Gasteiger partial charge on any atom is 0.417 e. The molecule has 0 aliphatic heterocycles. The quantitative estimate of drug-likeness (QED) is 0.678. The van der Waals surface area contributed by atoms with Crippen LogP contribution in [-0.4, -0.2) is 10.8 Å². The van der Waals surface area contributed by atoms with Gasteiger partial charge in [0.25, 0.3) is 0 Å². The molecule has 0 spiro atoms. The summed E-state index contributed by atoms with van der Waals surface area (Å²) in [6, 6.07) is 5.34. The standard InChI is InChI=1S/C14H11F3N2O/c1-8-9(3-2-4-12(8)18)13(20)10-7-19-6-5-11(10)14(15,16)17/h2-7H,18H2,1H3. The van der Waals surface area contributed by atoms with E-state index >= 15 is 0 Å². The number of pyridine rings is 1. The van der Waals surface area contributed by atoms with Crippen LogP contribution in [-0.2, 0) is 6.18 Å². The maximum atomic E-state index is 12.9. The fourth-order valence-electron chi connectivity index (χ4n) is 1.87. The Balaban J connectivity index is 2.58. The summed E-state index contributed by atoms with van der Waals surface area (Å²) in [7, 11) is 0. The Bertz CT molecular complexity index is 666. The molecule has 3 nitrogen and oxygen atoms in total. The molecule has 0 fully saturated rings. The summed E-state index contributed by atoms with van der Waals surface area (Å²) in [4.78, 5) is 15.9. The Morgan fingerprint density at radius 2 is 1.90 bits per heavy atom. The lowest BCUT2D eigenvalue weighted by Gasteiger charge is -2.13. The van der Waals surface area contributed by atoms with Crippen molar-refractivity contribution in [1.82, 2.24) is 4.98 Å². The molecule has 1 aromatic heterocycles. The lowest BCUT2D eigenvalue weighted by molar-refractivity contribution is -0.137. The summed E-state index contributed by atoms with van der Waals surface area (Å²) in [6.45, 7) is 1.59. The van der Waals surface area contributed by atoms with Crippen molar-refractivity contribution in [3.05, 3.63) is 58.9 Å². The molecule has 0 saturated heterocycles. The van der Waals surface area contributed by atoms with Crippen molar-refractivity contribution in [3.63, 3.8) is 0 Å². The number of nitrogens with zero attached hydrogens (tertiary/aromatic N) is 1. The molecule has 0 unspecified atom stereocenters. The zero-order valence-corrected chi connectivity index (χ0v) is 10.5. The van der Waals surface area contributed by atoms with Crippen LogP contribution < -0.4 is 5.73 Å². The molecule has 1 aromatic carbocycles. The third kappa shape index (κ3) is 2.49. The van der Waals surface area contributed by atoms with Gasteiger partial charge in [-0.25, -0.2) is 0 Å². The SMILES string of the molecule is Cc1c(N)cccc1C(=O)c1cnccc1C(F)(F)F. The summed E-state index contributed by atoms with van der Waals surface area (Å²) in [5.74, 6) is -0.741. The van der Waals surface area contributed by atoms with Gasteiger partial charge >= 0.3 is 6.18 Å². The molecule has 20 heavy (non-hydrogen) atoms. The Morgan fingerprint density at radius 1 is 1.20 bits per heavy atom. The predicted molar refractivity (Wildman–Crippen MR) is 68.3 cm³/mol. The van der Waals surface area contributed by atoms with Gasteiger partial charge in [-0.15, -0.1) is 0 Å². The van der Waals surface area contributed by atoms with E-state index in [4.69, 9.17) is 5.73 Å². The van der Waals surface area contributed by atoms with E-state index in [0.29, 0.717) is 11.3 Å². The van der Waals surface area contributed by atoms with E-state index in [-0.39, 0.29) is 5.56 Å². The van der Waals surface area contributed by atoms with Gasteiger partial charge in [0.1, 0.15) is 0 Å². The van der Waals surface area contributed by atoms with Crippen LogP contribution in [0.15, 0.2) is 36.7 Å². The van der Waals surface area contributed by atoms with Crippen molar-refractivity contribution in [2.45, 2.75) is 13.1 Å². The minimum Gasteiger partial charge on any atom is -0.398 e. The van der Waals surface area contributed by atoms with Crippen molar-refractivity contribution in [2.24, 2.45) is 0 Å². The van der Waals surface area contributed by atoms with Crippen molar-refractivity contribution in [3.8, 4) is 0 Å². The van der Waals surface area contributed by atoms with Crippen molar-refractivity contribution < 1.29 is 18.0 Å². The van der Waals surface area contributed by atoms with Gasteiger partial charge in [-0.1, -0.05) is 12.1 Å². The summed E-state index contributed by atoms with van der Waals surface area (Å²) in [6.07, 6.45) is -2.68. The molecule has 1 heterocycles. The second-order valence-electron chi connectivity index (χ2n) is 4.27. The van der Waals surface area contributed by atoms with E-state index in [1.807, 2.05) is 0 Å². The minimum atomic E-state index is -4.61. The first-order valence-electron chi connectivity index (χ1n) is 5.73. The molecule has 2 aromatic rings. The summed E-state index contributed by atoms with van der Waals surface area (Å²) in [5.41, 5.74) is 5.14. The number of halogens is 3. The van der Waals surface area contributed by atoms with E-state index in [2.05, 4.69) is 4.98 Å². The highest BCUT2D eigenvalue weighted by Gasteiger charge is 2.35. The van der Waals surface area contributed by atoms with Crippen LogP contribution in [0.5, 0.6) is 0 Å². The molecule has 2 rings (SSSR count). The highest BCUT2D eigenvalue weighted by atomic mass is 19.4. The van der Waals surface area contributed by atoms with E-state index in [1.165, 1.54) is 12.1 Å². The average Bonchev–Trinajstić information content (AvgIpc) is 2.40. The molecule has 104 valence electrons. The number of nitrogen functional groups attached to an aromatic ring is 1. The molecule has 0 radical (unpaired) electrons.